The number of nitrogens with zero attached hydrogens (tertiary/aromatic N) is 1. The maximum absolute atomic E-state index is 12.9. The zero-order valence-corrected chi connectivity index (χ0v) is 16.4. The Hall–Kier alpha value is -3.53. The number of rotatable bonds is 11. The molecule has 2 aromatic rings. The summed E-state index contributed by atoms with van der Waals surface area (Å²) < 4.78 is 22.8. The molecule has 0 heterocycles. The van der Waals surface area contributed by atoms with Crippen LogP contribution in [-0.2, 0) is 20.7 Å². The van der Waals surface area contributed by atoms with Crippen LogP contribution in [0.25, 0.3) is 0 Å². The highest BCUT2D eigenvalue weighted by Crippen LogP contribution is 2.23. The Balaban J connectivity index is 1.90. The Morgan fingerprint density at radius 2 is 1.87 bits per heavy atom. The molecule has 0 saturated carbocycles. The van der Waals surface area contributed by atoms with Gasteiger partial charge in [0, 0.05) is 38.0 Å². The standard InChI is InChI=1S/C20H22FN3O6/c1-29-11-10-22-18-7-6-16(24(27)28)12-17(18)20(26)30-13-19(25)23-9-8-14-2-4-15(21)5-3-14/h2-7,12,22H,8-11,13H2,1H3,(H,23,25). The Bertz CT molecular complexity index is 889. The molecule has 2 N–H and O–H groups in total. The highest BCUT2D eigenvalue weighted by molar-refractivity contribution is 5.97. The summed E-state index contributed by atoms with van der Waals surface area (Å²) in [5, 5.41) is 16.5. The zero-order chi connectivity index (χ0) is 21.9. The summed E-state index contributed by atoms with van der Waals surface area (Å²) in [6.07, 6.45) is 0.485. The fourth-order valence-electron chi connectivity index (χ4n) is 2.51. The van der Waals surface area contributed by atoms with Crippen LogP contribution in [0.3, 0.4) is 0 Å². The molecule has 0 aromatic heterocycles. The van der Waals surface area contributed by atoms with Crippen molar-refractivity contribution in [1.29, 1.82) is 0 Å². The average molecular weight is 419 g/mol. The zero-order valence-electron chi connectivity index (χ0n) is 16.4. The van der Waals surface area contributed by atoms with Crippen LogP contribution in [0.2, 0.25) is 0 Å². The van der Waals surface area contributed by atoms with E-state index in [1.165, 1.54) is 31.4 Å². The lowest BCUT2D eigenvalue weighted by Gasteiger charge is -2.12. The van der Waals surface area contributed by atoms with Crippen LogP contribution in [0.5, 0.6) is 0 Å². The molecule has 0 bridgehead atoms. The topological polar surface area (TPSA) is 120 Å². The molecule has 0 fully saturated rings. The predicted molar refractivity (Wildman–Crippen MR) is 107 cm³/mol. The molecule has 160 valence electrons. The Morgan fingerprint density at radius 3 is 2.53 bits per heavy atom. The van der Waals surface area contributed by atoms with Gasteiger partial charge in [0.15, 0.2) is 6.61 Å². The molecule has 2 aromatic carbocycles. The molecule has 2 rings (SSSR count). The lowest BCUT2D eigenvalue weighted by atomic mass is 10.1. The molecular weight excluding hydrogens is 397 g/mol. The summed E-state index contributed by atoms with van der Waals surface area (Å²) in [5.41, 5.74) is 0.846. The normalized spacial score (nSPS) is 10.3. The number of carbonyl (C=O) groups excluding carboxylic acids is 2. The molecule has 1 amide bonds. The van der Waals surface area contributed by atoms with Gasteiger partial charge in [-0.15, -0.1) is 0 Å². The summed E-state index contributed by atoms with van der Waals surface area (Å²) in [5.74, 6) is -1.73. The van der Waals surface area contributed by atoms with E-state index >= 15 is 0 Å². The van der Waals surface area contributed by atoms with Crippen molar-refractivity contribution < 1.29 is 28.4 Å². The van der Waals surface area contributed by atoms with E-state index in [2.05, 4.69) is 10.6 Å². The van der Waals surface area contributed by atoms with E-state index in [0.717, 1.165) is 11.6 Å². The highest BCUT2D eigenvalue weighted by atomic mass is 19.1. The monoisotopic (exact) mass is 419 g/mol. The van der Waals surface area contributed by atoms with Gasteiger partial charge in [-0.1, -0.05) is 12.1 Å². The second-order valence-corrected chi connectivity index (χ2v) is 6.21. The number of esters is 1. The SMILES string of the molecule is COCCNc1ccc([N+](=O)[O-])cc1C(=O)OCC(=O)NCCc1ccc(F)cc1. The third-order valence-electron chi connectivity index (χ3n) is 4.04. The number of amides is 1. The molecule has 0 spiro atoms. The minimum atomic E-state index is -0.868. The molecule has 0 unspecified atom stereocenters. The van der Waals surface area contributed by atoms with E-state index in [1.807, 2.05) is 0 Å². The van der Waals surface area contributed by atoms with Gasteiger partial charge in [0.25, 0.3) is 11.6 Å². The molecule has 0 aliphatic rings. The predicted octanol–water partition coefficient (Wildman–Crippen LogP) is 2.31. The first kappa shape index (κ1) is 22.8. The van der Waals surface area contributed by atoms with Crippen molar-refractivity contribution in [3.63, 3.8) is 0 Å². The van der Waals surface area contributed by atoms with Gasteiger partial charge < -0.3 is 20.1 Å². The van der Waals surface area contributed by atoms with Gasteiger partial charge in [0.05, 0.1) is 17.1 Å². The first-order valence-corrected chi connectivity index (χ1v) is 9.10. The van der Waals surface area contributed by atoms with Crippen molar-refractivity contribution in [2.45, 2.75) is 6.42 Å². The maximum Gasteiger partial charge on any atom is 0.341 e. The van der Waals surface area contributed by atoms with Crippen LogP contribution in [0, 0.1) is 15.9 Å². The summed E-state index contributed by atoms with van der Waals surface area (Å²) in [6, 6.07) is 9.63. The van der Waals surface area contributed by atoms with Crippen LogP contribution in [-0.4, -0.2) is 50.2 Å². The molecule has 0 aliphatic heterocycles. The number of methoxy groups -OCH3 is 1. The van der Waals surface area contributed by atoms with Crippen molar-refractivity contribution in [2.75, 3.05) is 38.7 Å². The number of ether oxygens (including phenoxy) is 2. The number of halogens is 1. The minimum Gasteiger partial charge on any atom is -0.452 e. The molecular formula is C20H22FN3O6. The van der Waals surface area contributed by atoms with E-state index in [1.54, 1.807) is 12.1 Å². The first-order valence-electron chi connectivity index (χ1n) is 9.10. The number of non-ortho nitro benzene ring substituents is 1. The number of benzene rings is 2. The summed E-state index contributed by atoms with van der Waals surface area (Å²) in [7, 11) is 1.52. The number of nitro groups is 1. The Morgan fingerprint density at radius 1 is 1.13 bits per heavy atom. The molecule has 10 heteroatoms. The van der Waals surface area contributed by atoms with Gasteiger partial charge in [-0.05, 0) is 30.2 Å². The molecule has 0 aliphatic carbocycles. The van der Waals surface area contributed by atoms with Gasteiger partial charge in [-0.3, -0.25) is 14.9 Å². The number of carbonyl (C=O) groups is 2. The van der Waals surface area contributed by atoms with E-state index < -0.39 is 23.4 Å². The van der Waals surface area contributed by atoms with Gasteiger partial charge in [-0.2, -0.15) is 0 Å². The van der Waals surface area contributed by atoms with Crippen molar-refractivity contribution in [3.05, 3.63) is 69.5 Å². The van der Waals surface area contributed by atoms with E-state index in [4.69, 9.17) is 9.47 Å². The lowest BCUT2D eigenvalue weighted by Crippen LogP contribution is -2.30. The van der Waals surface area contributed by atoms with Crippen molar-refractivity contribution in [3.8, 4) is 0 Å². The Labute approximate surface area is 172 Å². The largest absolute Gasteiger partial charge is 0.452 e. The number of nitro benzene ring substituents is 1. The molecule has 30 heavy (non-hydrogen) atoms. The van der Waals surface area contributed by atoms with Gasteiger partial charge >= 0.3 is 5.97 Å². The third kappa shape index (κ3) is 7.13. The second kappa shape index (κ2) is 11.5. The van der Waals surface area contributed by atoms with E-state index in [0.29, 0.717) is 25.3 Å². The second-order valence-electron chi connectivity index (χ2n) is 6.21. The van der Waals surface area contributed by atoms with E-state index in [9.17, 15) is 24.1 Å². The van der Waals surface area contributed by atoms with Gasteiger partial charge in [0.2, 0.25) is 0 Å². The number of nitrogens with one attached hydrogen (secondary N) is 2. The van der Waals surface area contributed by atoms with Crippen molar-refractivity contribution >= 4 is 23.3 Å². The van der Waals surface area contributed by atoms with Crippen molar-refractivity contribution in [2.24, 2.45) is 0 Å². The number of hydrogen-bond donors (Lipinski definition) is 2. The summed E-state index contributed by atoms with van der Waals surface area (Å²) in [6.45, 7) is 0.478. The van der Waals surface area contributed by atoms with Crippen LogP contribution >= 0.6 is 0 Å². The van der Waals surface area contributed by atoms with Crippen LogP contribution in [0.1, 0.15) is 15.9 Å². The van der Waals surface area contributed by atoms with Crippen LogP contribution in [0.4, 0.5) is 15.8 Å². The summed E-state index contributed by atoms with van der Waals surface area (Å²) in [4.78, 5) is 34.6. The lowest BCUT2D eigenvalue weighted by molar-refractivity contribution is -0.384. The first-order chi connectivity index (χ1) is 14.4. The fourth-order valence-corrected chi connectivity index (χ4v) is 2.51. The van der Waals surface area contributed by atoms with Gasteiger partial charge in [-0.25, -0.2) is 9.18 Å². The molecule has 0 atom stereocenters. The number of hydrogen-bond acceptors (Lipinski definition) is 7. The van der Waals surface area contributed by atoms with Gasteiger partial charge in [0.1, 0.15) is 5.82 Å². The highest BCUT2D eigenvalue weighted by Gasteiger charge is 2.19. The number of anilines is 1. The van der Waals surface area contributed by atoms with Crippen molar-refractivity contribution in [1.82, 2.24) is 5.32 Å². The summed E-state index contributed by atoms with van der Waals surface area (Å²) >= 11 is 0. The van der Waals surface area contributed by atoms with E-state index in [-0.39, 0.29) is 23.6 Å². The van der Waals surface area contributed by atoms with Crippen LogP contribution < -0.4 is 10.6 Å². The molecule has 0 saturated heterocycles. The minimum absolute atomic E-state index is 0.0561. The fraction of sp³-hybridized carbons (Fsp3) is 0.300. The smallest absolute Gasteiger partial charge is 0.341 e. The molecule has 0 radical (unpaired) electrons. The molecule has 9 nitrogen and oxygen atoms in total. The quantitative estimate of drug-likeness (QED) is 0.248. The third-order valence-corrected chi connectivity index (χ3v) is 4.04. The maximum atomic E-state index is 12.9. The average Bonchev–Trinajstić information content (AvgIpc) is 2.73. The van der Waals surface area contributed by atoms with Crippen LogP contribution in [0.15, 0.2) is 42.5 Å². The Kier molecular flexibility index (Phi) is 8.70.